The molecule has 0 aliphatic carbocycles. The third-order valence-electron chi connectivity index (χ3n) is 6.53. The minimum Gasteiger partial charge on any atom is -0.495 e. The molecule has 214 valence electrons. The van der Waals surface area contributed by atoms with E-state index >= 15 is 0 Å². The minimum absolute atomic E-state index is 0.0456. The molecule has 0 heterocycles. The number of halogens is 1. The molecule has 0 aliphatic rings. The van der Waals surface area contributed by atoms with Gasteiger partial charge in [0.1, 0.15) is 11.8 Å². The van der Waals surface area contributed by atoms with Crippen LogP contribution in [0, 0.1) is 6.92 Å². The predicted molar refractivity (Wildman–Crippen MR) is 159 cm³/mol. The Morgan fingerprint density at radius 3 is 2.30 bits per heavy atom. The molecule has 3 aromatic carbocycles. The molecular weight excluding hydrogens is 550 g/mol. The average Bonchev–Trinajstić information content (AvgIpc) is 2.92. The Balaban J connectivity index is 1.85. The summed E-state index contributed by atoms with van der Waals surface area (Å²) in [5.41, 5.74) is 3.26. The van der Waals surface area contributed by atoms with Crippen molar-refractivity contribution in [1.82, 2.24) is 10.2 Å². The van der Waals surface area contributed by atoms with E-state index in [-0.39, 0.29) is 42.8 Å². The number of methoxy groups -OCH3 is 1. The van der Waals surface area contributed by atoms with E-state index in [0.29, 0.717) is 17.9 Å². The lowest BCUT2D eigenvalue weighted by Crippen LogP contribution is -2.49. The summed E-state index contributed by atoms with van der Waals surface area (Å²) in [7, 11) is -0.621. The zero-order chi connectivity index (χ0) is 29.3. The number of rotatable bonds is 13. The van der Waals surface area contributed by atoms with Gasteiger partial charge in [-0.1, -0.05) is 71.8 Å². The van der Waals surface area contributed by atoms with Crippen LogP contribution >= 0.6 is 11.6 Å². The molecule has 3 rings (SSSR count). The summed E-state index contributed by atoms with van der Waals surface area (Å²) in [5, 5.41) is 2.99. The first kappa shape index (κ1) is 31.0. The maximum Gasteiger partial charge on any atom is 0.242 e. The molecule has 0 aromatic heterocycles. The molecule has 1 atom stereocenters. The average molecular weight is 586 g/mol. The van der Waals surface area contributed by atoms with Crippen molar-refractivity contribution in [2.24, 2.45) is 0 Å². The number of nitrogens with one attached hydrogen (secondary N) is 1. The summed E-state index contributed by atoms with van der Waals surface area (Å²) in [5.74, 6) is -0.0813. The Kier molecular flexibility index (Phi) is 11.0. The molecule has 8 nitrogen and oxygen atoms in total. The predicted octanol–water partition coefficient (Wildman–Crippen LogP) is 4.59. The number of ether oxygens (including phenoxy) is 1. The smallest absolute Gasteiger partial charge is 0.242 e. The molecule has 0 saturated carbocycles. The van der Waals surface area contributed by atoms with Crippen LogP contribution in [0.4, 0.5) is 5.69 Å². The van der Waals surface area contributed by atoms with Crippen LogP contribution in [-0.2, 0) is 32.6 Å². The van der Waals surface area contributed by atoms with Crippen LogP contribution < -0.4 is 14.4 Å². The van der Waals surface area contributed by atoms with Gasteiger partial charge in [-0.15, -0.1) is 0 Å². The molecular formula is C30H36ClN3O5S. The van der Waals surface area contributed by atoms with Gasteiger partial charge in [0, 0.05) is 33.0 Å². The van der Waals surface area contributed by atoms with Crippen molar-refractivity contribution in [2.45, 2.75) is 38.8 Å². The maximum atomic E-state index is 13.7. The monoisotopic (exact) mass is 585 g/mol. The van der Waals surface area contributed by atoms with Crippen molar-refractivity contribution >= 4 is 39.1 Å². The maximum absolute atomic E-state index is 13.7. The Morgan fingerprint density at radius 2 is 1.70 bits per heavy atom. The first-order chi connectivity index (χ1) is 19.0. The fourth-order valence-electron chi connectivity index (χ4n) is 4.54. The Hall–Kier alpha value is -3.56. The fourth-order valence-corrected chi connectivity index (χ4v) is 5.75. The summed E-state index contributed by atoms with van der Waals surface area (Å²) < 4.78 is 31.6. The second kappa shape index (κ2) is 14.2. The molecule has 2 amide bonds. The van der Waals surface area contributed by atoms with Gasteiger partial charge in [-0.3, -0.25) is 13.9 Å². The van der Waals surface area contributed by atoms with Gasteiger partial charge in [0.25, 0.3) is 0 Å². The quantitative estimate of drug-likeness (QED) is 0.317. The number of sulfonamides is 1. The van der Waals surface area contributed by atoms with E-state index in [1.165, 1.54) is 17.5 Å². The Bertz CT molecular complexity index is 1420. The first-order valence-corrected chi connectivity index (χ1v) is 15.2. The highest BCUT2D eigenvalue weighted by atomic mass is 35.5. The van der Waals surface area contributed by atoms with Crippen LogP contribution in [0.2, 0.25) is 5.02 Å². The normalized spacial score (nSPS) is 11.9. The lowest BCUT2D eigenvalue weighted by Gasteiger charge is -2.31. The topological polar surface area (TPSA) is 96.0 Å². The number of anilines is 1. The summed E-state index contributed by atoms with van der Waals surface area (Å²) >= 11 is 6.24. The van der Waals surface area contributed by atoms with Crippen molar-refractivity contribution in [2.75, 3.05) is 31.3 Å². The number of carbonyl (C=O) groups is 2. The molecule has 1 N–H and O–H groups in total. The van der Waals surface area contributed by atoms with Gasteiger partial charge in [-0.05, 0) is 42.7 Å². The van der Waals surface area contributed by atoms with E-state index in [0.717, 1.165) is 22.9 Å². The Labute approximate surface area is 241 Å². The molecule has 0 radical (unpaired) electrons. The number of amides is 2. The molecule has 0 spiro atoms. The summed E-state index contributed by atoms with van der Waals surface area (Å²) in [6, 6.07) is 21.3. The van der Waals surface area contributed by atoms with Crippen LogP contribution in [0.1, 0.15) is 29.5 Å². The third-order valence-corrected chi connectivity index (χ3v) is 8.02. The van der Waals surface area contributed by atoms with Crippen molar-refractivity contribution < 1.29 is 22.7 Å². The van der Waals surface area contributed by atoms with Crippen molar-refractivity contribution in [3.8, 4) is 5.75 Å². The standard InChI is InChI=1S/C30H36ClN3O5S/c1-22-10-8-13-24(18-22)21-33(27(30(36)32-2)19-23-11-6-5-7-12-23)29(35)14-9-17-34(40(4,37)38)25-15-16-28(39-3)26(31)20-25/h5-8,10-13,15-16,18,20,27H,9,14,17,19,21H2,1-4H3,(H,32,36)/t27-/m0/s1. The van der Waals surface area contributed by atoms with E-state index < -0.39 is 16.1 Å². The highest BCUT2D eigenvalue weighted by Crippen LogP contribution is 2.30. The van der Waals surface area contributed by atoms with Crippen LogP contribution in [0.15, 0.2) is 72.8 Å². The van der Waals surface area contributed by atoms with Gasteiger partial charge in [-0.2, -0.15) is 0 Å². The number of carbonyl (C=O) groups excluding carboxylic acids is 2. The van der Waals surface area contributed by atoms with Crippen molar-refractivity contribution in [1.29, 1.82) is 0 Å². The third kappa shape index (κ3) is 8.47. The van der Waals surface area contributed by atoms with Gasteiger partial charge < -0.3 is 15.0 Å². The van der Waals surface area contributed by atoms with E-state index in [9.17, 15) is 18.0 Å². The highest BCUT2D eigenvalue weighted by molar-refractivity contribution is 7.92. The molecule has 40 heavy (non-hydrogen) atoms. The summed E-state index contributed by atoms with van der Waals surface area (Å²) in [6.45, 7) is 2.28. The zero-order valence-electron chi connectivity index (χ0n) is 23.3. The molecule has 0 saturated heterocycles. The fraction of sp³-hybridized carbons (Fsp3) is 0.333. The summed E-state index contributed by atoms with van der Waals surface area (Å²) in [4.78, 5) is 28.4. The summed E-state index contributed by atoms with van der Waals surface area (Å²) in [6.07, 6.45) is 1.74. The molecule has 10 heteroatoms. The van der Waals surface area contributed by atoms with Crippen molar-refractivity contribution in [3.63, 3.8) is 0 Å². The molecule has 0 unspecified atom stereocenters. The number of benzene rings is 3. The minimum atomic E-state index is -3.66. The second-order valence-electron chi connectivity index (χ2n) is 9.59. The van der Waals surface area contributed by atoms with Crippen LogP contribution in [0.25, 0.3) is 0 Å². The number of hydrogen-bond donors (Lipinski definition) is 1. The number of hydrogen-bond acceptors (Lipinski definition) is 5. The van der Waals surface area contributed by atoms with Gasteiger partial charge in [0.2, 0.25) is 21.8 Å². The van der Waals surface area contributed by atoms with Gasteiger partial charge >= 0.3 is 0 Å². The number of likely N-dealkylation sites (N-methyl/N-ethyl adjacent to an activating group) is 1. The van der Waals surface area contributed by atoms with E-state index in [4.69, 9.17) is 16.3 Å². The van der Waals surface area contributed by atoms with E-state index in [1.807, 2.05) is 61.5 Å². The number of aryl methyl sites for hydroxylation is 1. The SMILES string of the molecule is CNC(=O)[C@H](Cc1ccccc1)N(Cc1cccc(C)c1)C(=O)CCCN(c1ccc(OC)c(Cl)c1)S(C)(=O)=O. The van der Waals surface area contributed by atoms with E-state index in [2.05, 4.69) is 5.32 Å². The molecule has 0 aliphatic heterocycles. The molecule has 3 aromatic rings. The lowest BCUT2D eigenvalue weighted by molar-refractivity contribution is -0.141. The lowest BCUT2D eigenvalue weighted by atomic mass is 10.0. The molecule has 0 bridgehead atoms. The van der Waals surface area contributed by atoms with Gasteiger partial charge in [0.15, 0.2) is 0 Å². The van der Waals surface area contributed by atoms with E-state index in [1.54, 1.807) is 24.1 Å². The molecule has 0 fully saturated rings. The second-order valence-corrected chi connectivity index (χ2v) is 11.9. The van der Waals surface area contributed by atoms with Gasteiger partial charge in [0.05, 0.1) is 24.1 Å². The van der Waals surface area contributed by atoms with Crippen LogP contribution in [0.3, 0.4) is 0 Å². The Morgan fingerprint density at radius 1 is 1.00 bits per heavy atom. The highest BCUT2D eigenvalue weighted by Gasteiger charge is 2.30. The van der Waals surface area contributed by atoms with Crippen molar-refractivity contribution in [3.05, 3.63) is 94.5 Å². The number of nitrogens with zero attached hydrogens (tertiary/aromatic N) is 2. The first-order valence-electron chi connectivity index (χ1n) is 12.9. The largest absolute Gasteiger partial charge is 0.495 e. The van der Waals surface area contributed by atoms with Gasteiger partial charge in [-0.25, -0.2) is 8.42 Å². The van der Waals surface area contributed by atoms with Crippen LogP contribution in [-0.4, -0.2) is 58.1 Å². The zero-order valence-corrected chi connectivity index (χ0v) is 24.8. The van der Waals surface area contributed by atoms with Crippen LogP contribution in [0.5, 0.6) is 5.75 Å².